The summed E-state index contributed by atoms with van der Waals surface area (Å²) >= 11 is 0. The standard InChI is InChI=1S/C18H30N4.HI/c1-6-19-17(22-12-11-18(2,3)14-22)20-13-15-7-9-16(10-8-15)21(4)5;/h7-10H,6,11-14H2,1-5H3,(H,19,20);1H. The quantitative estimate of drug-likeness (QED) is 0.450. The zero-order valence-electron chi connectivity index (χ0n) is 15.1. The lowest BCUT2D eigenvalue weighted by Gasteiger charge is -2.23. The zero-order chi connectivity index (χ0) is 16.2. The van der Waals surface area contributed by atoms with Crippen LogP contribution in [0.5, 0.6) is 0 Å². The molecule has 1 saturated heterocycles. The van der Waals surface area contributed by atoms with Gasteiger partial charge < -0.3 is 15.1 Å². The van der Waals surface area contributed by atoms with Crippen LogP contribution in [0, 0.1) is 5.41 Å². The molecule has 1 heterocycles. The average Bonchev–Trinajstić information content (AvgIpc) is 2.84. The zero-order valence-corrected chi connectivity index (χ0v) is 17.4. The highest BCUT2D eigenvalue weighted by Gasteiger charge is 2.30. The van der Waals surface area contributed by atoms with Crippen LogP contribution in [0.25, 0.3) is 0 Å². The molecule has 0 aromatic heterocycles. The van der Waals surface area contributed by atoms with Crippen molar-refractivity contribution in [2.75, 3.05) is 38.6 Å². The Morgan fingerprint density at radius 2 is 1.91 bits per heavy atom. The van der Waals surface area contributed by atoms with Gasteiger partial charge in [0.05, 0.1) is 6.54 Å². The van der Waals surface area contributed by atoms with Crippen LogP contribution in [0.15, 0.2) is 29.3 Å². The van der Waals surface area contributed by atoms with E-state index < -0.39 is 0 Å². The number of rotatable bonds is 4. The molecule has 0 aliphatic carbocycles. The van der Waals surface area contributed by atoms with Crippen LogP contribution < -0.4 is 10.2 Å². The highest BCUT2D eigenvalue weighted by molar-refractivity contribution is 14.0. The minimum absolute atomic E-state index is 0. The molecule has 1 N–H and O–H groups in total. The van der Waals surface area contributed by atoms with Crippen molar-refractivity contribution in [3.05, 3.63) is 29.8 Å². The molecule has 1 aromatic rings. The maximum Gasteiger partial charge on any atom is 0.194 e. The van der Waals surface area contributed by atoms with Crippen LogP contribution in [-0.4, -0.2) is 44.6 Å². The first-order chi connectivity index (χ1) is 10.4. The Labute approximate surface area is 158 Å². The van der Waals surface area contributed by atoms with Gasteiger partial charge in [-0.2, -0.15) is 0 Å². The Hall–Kier alpha value is -0.980. The van der Waals surface area contributed by atoms with Crippen molar-refractivity contribution in [2.45, 2.75) is 33.7 Å². The molecule has 1 aliphatic heterocycles. The van der Waals surface area contributed by atoms with E-state index in [0.29, 0.717) is 5.41 Å². The third-order valence-electron chi connectivity index (χ3n) is 4.18. The number of benzene rings is 1. The van der Waals surface area contributed by atoms with E-state index in [4.69, 9.17) is 4.99 Å². The Balaban J connectivity index is 0.00000264. The van der Waals surface area contributed by atoms with Gasteiger partial charge in [0.1, 0.15) is 0 Å². The number of nitrogens with zero attached hydrogens (tertiary/aromatic N) is 3. The lowest BCUT2D eigenvalue weighted by Crippen LogP contribution is -2.40. The van der Waals surface area contributed by atoms with Crippen LogP contribution >= 0.6 is 24.0 Å². The van der Waals surface area contributed by atoms with Crippen LogP contribution in [0.1, 0.15) is 32.8 Å². The molecular formula is C18H31IN4. The maximum atomic E-state index is 4.82. The molecule has 0 saturated carbocycles. The van der Waals surface area contributed by atoms with Crippen molar-refractivity contribution in [2.24, 2.45) is 10.4 Å². The Bertz CT molecular complexity index is 508. The highest BCUT2D eigenvalue weighted by Crippen LogP contribution is 2.28. The number of hydrogen-bond acceptors (Lipinski definition) is 2. The monoisotopic (exact) mass is 430 g/mol. The number of anilines is 1. The van der Waals surface area contributed by atoms with Gasteiger partial charge >= 0.3 is 0 Å². The summed E-state index contributed by atoms with van der Waals surface area (Å²) in [6.45, 7) is 10.6. The normalized spacial score (nSPS) is 16.9. The van der Waals surface area contributed by atoms with Crippen LogP contribution in [-0.2, 0) is 6.54 Å². The second kappa shape index (κ2) is 8.76. The van der Waals surface area contributed by atoms with Gasteiger partial charge in [-0.05, 0) is 36.5 Å². The molecular weight excluding hydrogens is 399 g/mol. The van der Waals surface area contributed by atoms with E-state index in [1.807, 2.05) is 0 Å². The fourth-order valence-corrected chi connectivity index (χ4v) is 2.78. The summed E-state index contributed by atoms with van der Waals surface area (Å²) in [7, 11) is 4.12. The van der Waals surface area contributed by atoms with E-state index in [9.17, 15) is 0 Å². The summed E-state index contributed by atoms with van der Waals surface area (Å²) in [5.41, 5.74) is 2.86. The van der Waals surface area contributed by atoms with Crippen molar-refractivity contribution < 1.29 is 0 Å². The van der Waals surface area contributed by atoms with Gasteiger partial charge in [0.2, 0.25) is 0 Å². The van der Waals surface area contributed by atoms with E-state index in [2.05, 4.69) is 74.2 Å². The molecule has 130 valence electrons. The Kier molecular flexibility index (Phi) is 7.64. The first-order valence-electron chi connectivity index (χ1n) is 8.21. The topological polar surface area (TPSA) is 30.9 Å². The number of aliphatic imine (C=N–C) groups is 1. The van der Waals surface area contributed by atoms with Crippen molar-refractivity contribution in [1.82, 2.24) is 10.2 Å². The molecule has 1 fully saturated rings. The number of nitrogens with one attached hydrogen (secondary N) is 1. The minimum Gasteiger partial charge on any atom is -0.378 e. The van der Waals surface area contributed by atoms with Gasteiger partial charge in [0, 0.05) is 39.4 Å². The molecule has 0 unspecified atom stereocenters. The summed E-state index contributed by atoms with van der Waals surface area (Å²) in [6, 6.07) is 8.63. The molecule has 23 heavy (non-hydrogen) atoms. The van der Waals surface area contributed by atoms with Crippen LogP contribution in [0.4, 0.5) is 5.69 Å². The van der Waals surface area contributed by atoms with Crippen molar-refractivity contribution in [1.29, 1.82) is 0 Å². The molecule has 0 radical (unpaired) electrons. The summed E-state index contributed by atoms with van der Waals surface area (Å²) in [4.78, 5) is 9.32. The average molecular weight is 430 g/mol. The van der Waals surface area contributed by atoms with Crippen molar-refractivity contribution >= 4 is 35.6 Å². The molecule has 1 aromatic carbocycles. The lowest BCUT2D eigenvalue weighted by molar-refractivity contribution is 0.370. The SMILES string of the molecule is CCNC(=NCc1ccc(N(C)C)cc1)N1CCC(C)(C)C1.I. The summed E-state index contributed by atoms with van der Waals surface area (Å²) in [6.07, 6.45) is 1.23. The predicted molar refractivity (Wildman–Crippen MR) is 111 cm³/mol. The Morgan fingerprint density at radius 1 is 1.26 bits per heavy atom. The van der Waals surface area contributed by atoms with E-state index in [1.165, 1.54) is 17.7 Å². The number of halogens is 1. The maximum absolute atomic E-state index is 4.82. The van der Waals surface area contributed by atoms with Gasteiger partial charge in [-0.3, -0.25) is 0 Å². The third-order valence-corrected chi connectivity index (χ3v) is 4.18. The van der Waals surface area contributed by atoms with E-state index in [1.54, 1.807) is 0 Å². The van der Waals surface area contributed by atoms with E-state index in [0.717, 1.165) is 32.1 Å². The van der Waals surface area contributed by atoms with E-state index >= 15 is 0 Å². The number of likely N-dealkylation sites (tertiary alicyclic amines) is 1. The summed E-state index contributed by atoms with van der Waals surface area (Å²) < 4.78 is 0. The molecule has 1 aliphatic rings. The fourth-order valence-electron chi connectivity index (χ4n) is 2.78. The van der Waals surface area contributed by atoms with Gasteiger partial charge in [0.15, 0.2) is 5.96 Å². The van der Waals surface area contributed by atoms with Gasteiger partial charge in [0.25, 0.3) is 0 Å². The molecule has 0 amide bonds. The molecule has 0 bridgehead atoms. The summed E-state index contributed by atoms with van der Waals surface area (Å²) in [5.74, 6) is 1.05. The predicted octanol–water partition coefficient (Wildman–Crippen LogP) is 3.57. The minimum atomic E-state index is 0. The number of guanidine groups is 1. The van der Waals surface area contributed by atoms with Gasteiger partial charge in [-0.15, -0.1) is 24.0 Å². The Morgan fingerprint density at radius 3 is 2.39 bits per heavy atom. The van der Waals surface area contributed by atoms with Crippen molar-refractivity contribution in [3.63, 3.8) is 0 Å². The van der Waals surface area contributed by atoms with Crippen LogP contribution in [0.3, 0.4) is 0 Å². The molecule has 0 spiro atoms. The second-order valence-corrected chi connectivity index (χ2v) is 7.07. The first-order valence-corrected chi connectivity index (χ1v) is 8.21. The second-order valence-electron chi connectivity index (χ2n) is 7.07. The highest BCUT2D eigenvalue weighted by atomic mass is 127. The smallest absolute Gasteiger partial charge is 0.194 e. The molecule has 4 nitrogen and oxygen atoms in total. The largest absolute Gasteiger partial charge is 0.378 e. The summed E-state index contributed by atoms with van der Waals surface area (Å²) in [5, 5.41) is 3.43. The third kappa shape index (κ3) is 5.86. The first kappa shape index (κ1) is 20.1. The fraction of sp³-hybridized carbons (Fsp3) is 0.611. The molecule has 2 rings (SSSR count). The van der Waals surface area contributed by atoms with Crippen molar-refractivity contribution in [3.8, 4) is 0 Å². The molecule has 5 heteroatoms. The number of hydrogen-bond donors (Lipinski definition) is 1. The van der Waals surface area contributed by atoms with Gasteiger partial charge in [-0.25, -0.2) is 4.99 Å². The van der Waals surface area contributed by atoms with Crippen LogP contribution in [0.2, 0.25) is 0 Å². The molecule has 0 atom stereocenters. The van der Waals surface area contributed by atoms with E-state index in [-0.39, 0.29) is 24.0 Å². The lowest BCUT2D eigenvalue weighted by atomic mass is 9.93. The van der Waals surface area contributed by atoms with Gasteiger partial charge in [-0.1, -0.05) is 26.0 Å².